The number of benzene rings is 1. The fourth-order valence-corrected chi connectivity index (χ4v) is 2.23. The van der Waals surface area contributed by atoms with Crippen molar-refractivity contribution < 1.29 is 8.42 Å². The van der Waals surface area contributed by atoms with Crippen molar-refractivity contribution in [1.29, 1.82) is 0 Å². The van der Waals surface area contributed by atoms with E-state index in [1.165, 1.54) is 12.3 Å². The molecule has 0 fully saturated rings. The van der Waals surface area contributed by atoms with Gasteiger partial charge in [0, 0.05) is 17.8 Å². The minimum atomic E-state index is -3.17. The molecule has 0 saturated carbocycles. The van der Waals surface area contributed by atoms with Crippen LogP contribution in [0.15, 0.2) is 35.4 Å². The molecule has 0 radical (unpaired) electrons. The molecule has 0 aliphatic rings. The van der Waals surface area contributed by atoms with Crippen molar-refractivity contribution >= 4 is 32.2 Å². The Bertz CT molecular complexity index is 622. The number of aromatic nitrogens is 1. The molecule has 0 unspecified atom stereocenters. The van der Waals surface area contributed by atoms with E-state index in [9.17, 15) is 8.42 Å². The van der Waals surface area contributed by atoms with Crippen molar-refractivity contribution in [3.8, 4) is 0 Å². The SMILES string of the molecule is CS(=O)(=O)c1ccc2c(Cl)nccc2c1. The Kier molecular flexibility index (Phi) is 2.40. The lowest BCUT2D eigenvalue weighted by Gasteiger charge is -2.02. The van der Waals surface area contributed by atoms with Crippen LogP contribution in [0, 0.1) is 0 Å². The number of fused-ring (bicyclic) bond motifs is 1. The second kappa shape index (κ2) is 3.47. The molecular weight excluding hydrogens is 234 g/mol. The van der Waals surface area contributed by atoms with Crippen LogP contribution in [-0.2, 0) is 9.84 Å². The van der Waals surface area contributed by atoms with Crippen LogP contribution in [0.1, 0.15) is 0 Å². The maximum absolute atomic E-state index is 11.3. The smallest absolute Gasteiger partial charge is 0.175 e. The van der Waals surface area contributed by atoms with Gasteiger partial charge in [-0.1, -0.05) is 11.6 Å². The summed E-state index contributed by atoms with van der Waals surface area (Å²) in [7, 11) is -3.17. The fraction of sp³-hybridized carbons (Fsp3) is 0.100. The van der Waals surface area contributed by atoms with Gasteiger partial charge < -0.3 is 0 Å². The second-order valence-electron chi connectivity index (χ2n) is 3.26. The van der Waals surface area contributed by atoms with E-state index in [4.69, 9.17) is 11.6 Å². The molecule has 3 nitrogen and oxygen atoms in total. The molecule has 15 heavy (non-hydrogen) atoms. The van der Waals surface area contributed by atoms with Gasteiger partial charge in [0.2, 0.25) is 0 Å². The van der Waals surface area contributed by atoms with Gasteiger partial charge >= 0.3 is 0 Å². The Morgan fingerprint density at radius 2 is 2.00 bits per heavy atom. The lowest BCUT2D eigenvalue weighted by Crippen LogP contribution is -1.96. The van der Waals surface area contributed by atoms with Gasteiger partial charge in [0.15, 0.2) is 9.84 Å². The third-order valence-corrected chi connectivity index (χ3v) is 3.53. The maximum atomic E-state index is 11.3. The monoisotopic (exact) mass is 241 g/mol. The number of pyridine rings is 1. The lowest BCUT2D eigenvalue weighted by atomic mass is 10.2. The van der Waals surface area contributed by atoms with Crippen LogP contribution < -0.4 is 0 Å². The van der Waals surface area contributed by atoms with Crippen molar-refractivity contribution in [1.82, 2.24) is 4.98 Å². The third-order valence-electron chi connectivity index (χ3n) is 2.12. The first-order valence-corrected chi connectivity index (χ1v) is 6.50. The normalized spacial score (nSPS) is 11.9. The lowest BCUT2D eigenvalue weighted by molar-refractivity contribution is 0.602. The van der Waals surface area contributed by atoms with Gasteiger partial charge in [0.05, 0.1) is 4.90 Å². The van der Waals surface area contributed by atoms with E-state index >= 15 is 0 Å². The number of halogens is 1. The molecule has 0 N–H and O–H groups in total. The van der Waals surface area contributed by atoms with E-state index in [1.807, 2.05) is 0 Å². The van der Waals surface area contributed by atoms with E-state index < -0.39 is 9.84 Å². The molecule has 0 aliphatic carbocycles. The van der Waals surface area contributed by atoms with Crippen LogP contribution in [0.4, 0.5) is 0 Å². The molecule has 0 atom stereocenters. The largest absolute Gasteiger partial charge is 0.244 e. The van der Waals surface area contributed by atoms with Gasteiger partial charge in [-0.3, -0.25) is 0 Å². The summed E-state index contributed by atoms with van der Waals surface area (Å²) in [6.07, 6.45) is 2.73. The summed E-state index contributed by atoms with van der Waals surface area (Å²) >= 11 is 5.86. The van der Waals surface area contributed by atoms with E-state index in [0.717, 1.165) is 10.8 Å². The van der Waals surface area contributed by atoms with Crippen LogP contribution in [0.25, 0.3) is 10.8 Å². The summed E-state index contributed by atoms with van der Waals surface area (Å²) in [6.45, 7) is 0. The molecule has 78 valence electrons. The first-order chi connectivity index (χ1) is 6.98. The Labute approximate surface area is 92.6 Å². The topological polar surface area (TPSA) is 47.0 Å². The average molecular weight is 242 g/mol. The number of sulfone groups is 1. The highest BCUT2D eigenvalue weighted by atomic mass is 35.5. The molecule has 1 aromatic heterocycles. The molecule has 1 heterocycles. The fourth-order valence-electron chi connectivity index (χ4n) is 1.35. The van der Waals surface area contributed by atoms with Gasteiger partial charge in [-0.05, 0) is 29.7 Å². The summed E-state index contributed by atoms with van der Waals surface area (Å²) in [5.74, 6) is 0. The predicted molar refractivity (Wildman–Crippen MR) is 59.9 cm³/mol. The van der Waals surface area contributed by atoms with Crippen molar-refractivity contribution in [3.63, 3.8) is 0 Å². The predicted octanol–water partition coefficient (Wildman–Crippen LogP) is 2.29. The molecule has 5 heteroatoms. The number of rotatable bonds is 1. The first kappa shape index (κ1) is 10.4. The third kappa shape index (κ3) is 1.96. The molecular formula is C10H8ClNO2S. The molecule has 0 spiro atoms. The average Bonchev–Trinajstić information content (AvgIpc) is 2.16. The molecule has 2 rings (SSSR count). The van der Waals surface area contributed by atoms with Gasteiger partial charge in [0.25, 0.3) is 0 Å². The molecule has 0 bridgehead atoms. The standard InChI is InChI=1S/C10H8ClNO2S/c1-15(13,14)8-2-3-9-7(6-8)4-5-12-10(9)11/h2-6H,1H3. The zero-order valence-corrected chi connectivity index (χ0v) is 9.51. The zero-order chi connectivity index (χ0) is 11.1. The van der Waals surface area contributed by atoms with Crippen molar-refractivity contribution in [2.24, 2.45) is 0 Å². The summed E-state index contributed by atoms with van der Waals surface area (Å²) in [5.41, 5.74) is 0. The quantitative estimate of drug-likeness (QED) is 0.720. The summed E-state index contributed by atoms with van der Waals surface area (Å²) < 4.78 is 22.6. The Morgan fingerprint density at radius 3 is 2.67 bits per heavy atom. The Balaban J connectivity index is 2.79. The molecule has 0 amide bonds. The van der Waals surface area contributed by atoms with Crippen LogP contribution in [0.2, 0.25) is 5.15 Å². The van der Waals surface area contributed by atoms with Crippen LogP contribution in [-0.4, -0.2) is 19.7 Å². The number of hydrogen-bond acceptors (Lipinski definition) is 3. The van der Waals surface area contributed by atoms with Gasteiger partial charge in [-0.15, -0.1) is 0 Å². The van der Waals surface area contributed by atoms with Crippen molar-refractivity contribution in [3.05, 3.63) is 35.6 Å². The second-order valence-corrected chi connectivity index (χ2v) is 5.63. The molecule has 2 aromatic rings. The summed E-state index contributed by atoms with van der Waals surface area (Å²) in [5, 5.41) is 1.91. The highest BCUT2D eigenvalue weighted by molar-refractivity contribution is 7.90. The van der Waals surface area contributed by atoms with E-state index in [1.54, 1.807) is 24.4 Å². The van der Waals surface area contributed by atoms with Gasteiger partial charge in [0.1, 0.15) is 5.15 Å². The van der Waals surface area contributed by atoms with E-state index in [-0.39, 0.29) is 4.90 Å². The van der Waals surface area contributed by atoms with Crippen LogP contribution >= 0.6 is 11.6 Å². The number of nitrogens with zero attached hydrogens (tertiary/aromatic N) is 1. The van der Waals surface area contributed by atoms with E-state index in [2.05, 4.69) is 4.98 Å². The Morgan fingerprint density at radius 1 is 1.27 bits per heavy atom. The van der Waals surface area contributed by atoms with Crippen molar-refractivity contribution in [2.75, 3.05) is 6.26 Å². The highest BCUT2D eigenvalue weighted by Gasteiger charge is 2.08. The summed E-state index contributed by atoms with van der Waals surface area (Å²) in [6, 6.07) is 6.53. The number of hydrogen-bond donors (Lipinski definition) is 0. The van der Waals surface area contributed by atoms with Gasteiger partial charge in [-0.2, -0.15) is 0 Å². The van der Waals surface area contributed by atoms with Gasteiger partial charge in [-0.25, -0.2) is 13.4 Å². The summed E-state index contributed by atoms with van der Waals surface area (Å²) in [4.78, 5) is 4.20. The minimum absolute atomic E-state index is 0.289. The molecule has 1 aromatic carbocycles. The maximum Gasteiger partial charge on any atom is 0.175 e. The van der Waals surface area contributed by atoms with E-state index in [0.29, 0.717) is 5.15 Å². The van der Waals surface area contributed by atoms with Crippen LogP contribution in [0.5, 0.6) is 0 Å². The Hall–Kier alpha value is -1.13. The zero-order valence-electron chi connectivity index (χ0n) is 7.94. The molecule has 0 aliphatic heterocycles. The van der Waals surface area contributed by atoms with Crippen molar-refractivity contribution in [2.45, 2.75) is 4.90 Å². The minimum Gasteiger partial charge on any atom is -0.244 e. The first-order valence-electron chi connectivity index (χ1n) is 4.23. The molecule has 0 saturated heterocycles. The van der Waals surface area contributed by atoms with Crippen LogP contribution in [0.3, 0.4) is 0 Å². The highest BCUT2D eigenvalue weighted by Crippen LogP contribution is 2.23.